The maximum Gasteiger partial charge on any atom is 0.237 e. The van der Waals surface area contributed by atoms with E-state index in [0.717, 1.165) is 18.5 Å². The summed E-state index contributed by atoms with van der Waals surface area (Å²) in [5.74, 6) is 0.185. The van der Waals surface area contributed by atoms with Crippen molar-refractivity contribution in [2.75, 3.05) is 19.0 Å². The van der Waals surface area contributed by atoms with E-state index in [2.05, 4.69) is 20.2 Å². The lowest BCUT2D eigenvalue weighted by molar-refractivity contribution is -0.127. The number of nitrogens with two attached hydrogens (primary N) is 1. The molecule has 1 fully saturated rings. The van der Waals surface area contributed by atoms with Crippen LogP contribution in [0, 0.1) is 5.82 Å². The molecule has 0 bridgehead atoms. The van der Waals surface area contributed by atoms with E-state index in [1.165, 1.54) is 12.4 Å². The van der Waals surface area contributed by atoms with Crippen molar-refractivity contribution in [1.82, 2.24) is 14.9 Å². The Kier molecular flexibility index (Phi) is 5.68. The number of nitrogens with one attached hydrogen (secondary N) is 1. The Hall–Kier alpha value is -2.97. The Balaban J connectivity index is 1.75. The molecule has 0 saturated carbocycles. The summed E-state index contributed by atoms with van der Waals surface area (Å²) >= 11 is 5.90. The van der Waals surface area contributed by atoms with Crippen molar-refractivity contribution in [1.29, 1.82) is 0 Å². The summed E-state index contributed by atoms with van der Waals surface area (Å²) < 4.78 is 20.0. The molecule has 2 aromatic carbocycles. The van der Waals surface area contributed by atoms with Crippen molar-refractivity contribution < 1.29 is 13.9 Å². The van der Waals surface area contributed by atoms with E-state index in [4.69, 9.17) is 22.1 Å². The van der Waals surface area contributed by atoms with Gasteiger partial charge in [-0.15, -0.1) is 0 Å². The summed E-state index contributed by atoms with van der Waals surface area (Å²) in [4.78, 5) is 22.8. The van der Waals surface area contributed by atoms with Crippen LogP contribution in [0.4, 0.5) is 15.9 Å². The minimum Gasteiger partial charge on any atom is -0.496 e. The molecule has 7 nitrogen and oxygen atoms in total. The average Bonchev–Trinajstić information content (AvgIpc) is 3.13. The smallest absolute Gasteiger partial charge is 0.237 e. The van der Waals surface area contributed by atoms with Gasteiger partial charge >= 0.3 is 0 Å². The number of ether oxygens (including phenoxy) is 1. The number of hydrogen-bond acceptors (Lipinski definition) is 6. The number of hydrogen-bond donors (Lipinski definition) is 2. The van der Waals surface area contributed by atoms with Crippen LogP contribution in [0.2, 0.25) is 5.02 Å². The SMILES string of the molecule is COc1cc2ncnc(Nc3cccc(Cl)c3F)c2cc1CN1CCC[C@@]1(C)C(N)=O. The second kappa shape index (κ2) is 8.28. The third kappa shape index (κ3) is 3.88. The van der Waals surface area contributed by atoms with Gasteiger partial charge in [0.2, 0.25) is 5.91 Å². The Bertz CT molecular complexity index is 1160. The molecule has 162 valence electrons. The third-order valence-corrected chi connectivity index (χ3v) is 6.22. The second-order valence-corrected chi connectivity index (χ2v) is 8.20. The first-order valence-electron chi connectivity index (χ1n) is 9.91. The van der Waals surface area contributed by atoms with E-state index < -0.39 is 11.4 Å². The first kappa shape index (κ1) is 21.3. The standard InChI is InChI=1S/C22H23ClFN5O2/c1-22(21(25)30)7-4-8-29(22)11-13-9-14-17(10-18(13)31-2)26-12-27-20(14)28-16-6-3-5-15(23)19(16)24/h3,5-6,9-10,12H,4,7-8,11H2,1-2H3,(H2,25,30)(H,26,27,28)/t22-/m0/s1. The molecular weight excluding hydrogens is 421 g/mol. The van der Waals surface area contributed by atoms with Gasteiger partial charge in [-0.1, -0.05) is 17.7 Å². The number of aromatic nitrogens is 2. The first-order valence-corrected chi connectivity index (χ1v) is 10.3. The lowest BCUT2D eigenvalue weighted by Gasteiger charge is -2.32. The van der Waals surface area contributed by atoms with Gasteiger partial charge in [0.15, 0.2) is 5.82 Å². The quantitative estimate of drug-likeness (QED) is 0.597. The molecule has 1 amide bonds. The number of likely N-dealkylation sites (tertiary alicyclic amines) is 1. The Morgan fingerprint density at radius 3 is 2.94 bits per heavy atom. The average molecular weight is 444 g/mol. The molecule has 3 aromatic rings. The van der Waals surface area contributed by atoms with Gasteiger partial charge in [-0.2, -0.15) is 0 Å². The van der Waals surface area contributed by atoms with E-state index >= 15 is 0 Å². The van der Waals surface area contributed by atoms with Gasteiger partial charge in [-0.05, 0) is 44.5 Å². The number of carbonyl (C=O) groups excluding carboxylic acids is 1. The van der Waals surface area contributed by atoms with Crippen molar-refractivity contribution in [3.05, 3.63) is 53.1 Å². The number of halogens is 2. The molecule has 1 aliphatic rings. The molecule has 1 aromatic heterocycles. The summed E-state index contributed by atoms with van der Waals surface area (Å²) in [6.07, 6.45) is 3.00. The fourth-order valence-corrected chi connectivity index (χ4v) is 4.20. The highest BCUT2D eigenvalue weighted by molar-refractivity contribution is 6.31. The highest BCUT2D eigenvalue weighted by Crippen LogP contribution is 2.35. The van der Waals surface area contributed by atoms with Crippen molar-refractivity contribution in [3.8, 4) is 5.75 Å². The first-order chi connectivity index (χ1) is 14.8. The number of nitrogens with zero attached hydrogens (tertiary/aromatic N) is 3. The summed E-state index contributed by atoms with van der Waals surface area (Å²) in [5, 5.41) is 3.72. The minimum atomic E-state index is -0.710. The van der Waals surface area contributed by atoms with E-state index in [1.807, 2.05) is 19.1 Å². The lowest BCUT2D eigenvalue weighted by Crippen LogP contribution is -2.51. The topological polar surface area (TPSA) is 93.4 Å². The third-order valence-electron chi connectivity index (χ3n) is 5.92. The number of primary amides is 1. The van der Waals surface area contributed by atoms with Gasteiger partial charge in [0.05, 0.1) is 28.9 Å². The van der Waals surface area contributed by atoms with Crippen LogP contribution in [0.3, 0.4) is 0 Å². The molecule has 0 radical (unpaired) electrons. The van der Waals surface area contributed by atoms with Gasteiger partial charge in [0.1, 0.15) is 17.9 Å². The van der Waals surface area contributed by atoms with Gasteiger partial charge < -0.3 is 15.8 Å². The number of methoxy groups -OCH3 is 1. The monoisotopic (exact) mass is 443 g/mol. The largest absolute Gasteiger partial charge is 0.496 e. The van der Waals surface area contributed by atoms with Gasteiger partial charge in [0, 0.05) is 23.6 Å². The molecular formula is C22H23ClFN5O2. The maximum absolute atomic E-state index is 14.4. The second-order valence-electron chi connectivity index (χ2n) is 7.79. The zero-order valence-electron chi connectivity index (χ0n) is 17.3. The van der Waals surface area contributed by atoms with Crippen LogP contribution in [-0.2, 0) is 11.3 Å². The summed E-state index contributed by atoms with van der Waals surface area (Å²) in [7, 11) is 1.59. The maximum atomic E-state index is 14.4. The number of carbonyl (C=O) groups is 1. The van der Waals surface area contributed by atoms with E-state index in [-0.39, 0.29) is 16.6 Å². The summed E-state index contributed by atoms with van der Waals surface area (Å²) in [6.45, 7) is 3.09. The highest BCUT2D eigenvalue weighted by atomic mass is 35.5. The van der Waals surface area contributed by atoms with Crippen molar-refractivity contribution >= 4 is 39.9 Å². The molecule has 0 unspecified atom stereocenters. The van der Waals surface area contributed by atoms with Crippen LogP contribution in [0.15, 0.2) is 36.7 Å². The molecule has 1 saturated heterocycles. The normalized spacial score (nSPS) is 19.0. The molecule has 0 spiro atoms. The zero-order valence-corrected chi connectivity index (χ0v) is 18.0. The molecule has 2 heterocycles. The predicted molar refractivity (Wildman–Crippen MR) is 118 cm³/mol. The van der Waals surface area contributed by atoms with Gasteiger partial charge in [0.25, 0.3) is 0 Å². The fraction of sp³-hybridized carbons (Fsp3) is 0.318. The van der Waals surface area contributed by atoms with Crippen LogP contribution in [0.1, 0.15) is 25.3 Å². The predicted octanol–water partition coefficient (Wildman–Crippen LogP) is 4.01. The summed E-state index contributed by atoms with van der Waals surface area (Å²) in [5.41, 5.74) is 6.68. The molecule has 3 N–H and O–H groups in total. The van der Waals surface area contributed by atoms with Crippen LogP contribution >= 0.6 is 11.6 Å². The lowest BCUT2D eigenvalue weighted by atomic mass is 9.97. The Morgan fingerprint density at radius 1 is 1.39 bits per heavy atom. The van der Waals surface area contributed by atoms with Gasteiger partial charge in [-0.3, -0.25) is 9.69 Å². The summed E-state index contributed by atoms with van der Waals surface area (Å²) in [6, 6.07) is 8.43. The van der Waals surface area contributed by atoms with E-state index in [1.54, 1.807) is 19.2 Å². The molecule has 9 heteroatoms. The molecule has 4 rings (SSSR count). The Morgan fingerprint density at radius 2 is 2.19 bits per heavy atom. The van der Waals surface area contributed by atoms with Gasteiger partial charge in [-0.25, -0.2) is 14.4 Å². The molecule has 0 aliphatic carbocycles. The van der Waals surface area contributed by atoms with Crippen molar-refractivity contribution in [3.63, 3.8) is 0 Å². The highest BCUT2D eigenvalue weighted by Gasteiger charge is 2.41. The van der Waals surface area contributed by atoms with Crippen LogP contribution in [0.5, 0.6) is 5.75 Å². The Labute approximate surface area is 184 Å². The van der Waals surface area contributed by atoms with Crippen LogP contribution < -0.4 is 15.8 Å². The fourth-order valence-electron chi connectivity index (χ4n) is 4.03. The number of amides is 1. The van der Waals surface area contributed by atoms with Crippen LogP contribution in [-0.4, -0.2) is 40.0 Å². The molecule has 1 aliphatic heterocycles. The van der Waals surface area contributed by atoms with Crippen LogP contribution in [0.25, 0.3) is 10.9 Å². The number of rotatable bonds is 6. The number of benzene rings is 2. The number of anilines is 2. The minimum absolute atomic E-state index is 0.0190. The van der Waals surface area contributed by atoms with E-state index in [9.17, 15) is 9.18 Å². The van der Waals surface area contributed by atoms with E-state index in [0.29, 0.717) is 35.4 Å². The zero-order chi connectivity index (χ0) is 22.2. The number of fused-ring (bicyclic) bond motifs is 1. The molecule has 31 heavy (non-hydrogen) atoms. The molecule has 1 atom stereocenters. The van der Waals surface area contributed by atoms with Crippen molar-refractivity contribution in [2.45, 2.75) is 31.8 Å². The van der Waals surface area contributed by atoms with Crippen molar-refractivity contribution in [2.24, 2.45) is 5.73 Å².